The zero-order valence-corrected chi connectivity index (χ0v) is 8.50. The minimum Gasteiger partial charge on any atom is -0.354 e. The SMILES string of the molecule is CCCCNc1ncc2[nH]c(=O)[nH]c2n1. The second-order valence-electron chi connectivity index (χ2n) is 3.32. The Balaban J connectivity index is 2.19. The molecular formula is C9H13N5O. The van der Waals surface area contributed by atoms with E-state index in [1.54, 1.807) is 6.20 Å². The number of aromatic amines is 2. The number of hydrogen-bond donors (Lipinski definition) is 3. The van der Waals surface area contributed by atoms with Crippen LogP contribution in [-0.2, 0) is 0 Å². The first-order chi connectivity index (χ1) is 7.29. The topological polar surface area (TPSA) is 86.5 Å². The Morgan fingerprint density at radius 3 is 3.13 bits per heavy atom. The van der Waals surface area contributed by atoms with Crippen LogP contribution in [0, 0.1) is 0 Å². The van der Waals surface area contributed by atoms with Crippen molar-refractivity contribution in [3.05, 3.63) is 16.7 Å². The van der Waals surface area contributed by atoms with E-state index in [2.05, 4.69) is 32.2 Å². The van der Waals surface area contributed by atoms with E-state index in [1.807, 2.05) is 0 Å². The molecule has 6 heteroatoms. The largest absolute Gasteiger partial charge is 0.354 e. The molecule has 0 saturated heterocycles. The zero-order chi connectivity index (χ0) is 10.7. The smallest absolute Gasteiger partial charge is 0.325 e. The number of rotatable bonds is 4. The molecule has 0 amide bonds. The van der Waals surface area contributed by atoms with Gasteiger partial charge in [-0.25, -0.2) is 9.78 Å². The summed E-state index contributed by atoms with van der Waals surface area (Å²) in [6, 6.07) is 0. The van der Waals surface area contributed by atoms with Crippen molar-refractivity contribution in [1.29, 1.82) is 0 Å². The van der Waals surface area contributed by atoms with Crippen LogP contribution in [0.2, 0.25) is 0 Å². The van der Waals surface area contributed by atoms with Gasteiger partial charge in [0.25, 0.3) is 0 Å². The van der Waals surface area contributed by atoms with E-state index in [0.29, 0.717) is 17.1 Å². The van der Waals surface area contributed by atoms with Crippen LogP contribution >= 0.6 is 0 Å². The number of unbranched alkanes of at least 4 members (excludes halogenated alkanes) is 1. The second kappa shape index (κ2) is 4.12. The molecule has 15 heavy (non-hydrogen) atoms. The van der Waals surface area contributed by atoms with Crippen LogP contribution in [0.25, 0.3) is 11.2 Å². The predicted molar refractivity (Wildman–Crippen MR) is 57.9 cm³/mol. The van der Waals surface area contributed by atoms with Crippen LogP contribution in [0.5, 0.6) is 0 Å². The third kappa shape index (κ3) is 2.15. The van der Waals surface area contributed by atoms with Crippen LogP contribution in [0.15, 0.2) is 11.0 Å². The van der Waals surface area contributed by atoms with Gasteiger partial charge >= 0.3 is 5.69 Å². The molecule has 0 aliphatic rings. The molecule has 2 rings (SSSR count). The summed E-state index contributed by atoms with van der Waals surface area (Å²) in [5.74, 6) is 0.547. The van der Waals surface area contributed by atoms with Crippen molar-refractivity contribution in [3.63, 3.8) is 0 Å². The predicted octanol–water partition coefficient (Wildman–Crippen LogP) is 0.858. The molecular weight excluding hydrogens is 194 g/mol. The molecule has 0 radical (unpaired) electrons. The van der Waals surface area contributed by atoms with E-state index in [0.717, 1.165) is 19.4 Å². The molecule has 0 saturated carbocycles. The first-order valence-electron chi connectivity index (χ1n) is 4.98. The van der Waals surface area contributed by atoms with Crippen LogP contribution < -0.4 is 11.0 Å². The number of nitrogens with zero attached hydrogens (tertiary/aromatic N) is 2. The van der Waals surface area contributed by atoms with E-state index in [-0.39, 0.29) is 5.69 Å². The lowest BCUT2D eigenvalue weighted by Crippen LogP contribution is -2.04. The molecule has 0 bridgehead atoms. The van der Waals surface area contributed by atoms with Crippen LogP contribution in [0.1, 0.15) is 19.8 Å². The highest BCUT2D eigenvalue weighted by molar-refractivity contribution is 5.69. The average molecular weight is 207 g/mol. The summed E-state index contributed by atoms with van der Waals surface area (Å²) in [6.07, 6.45) is 3.79. The third-order valence-corrected chi connectivity index (χ3v) is 2.08. The van der Waals surface area contributed by atoms with Gasteiger partial charge in [-0.1, -0.05) is 13.3 Å². The van der Waals surface area contributed by atoms with E-state index >= 15 is 0 Å². The number of H-pyrrole nitrogens is 2. The fourth-order valence-electron chi connectivity index (χ4n) is 1.29. The van der Waals surface area contributed by atoms with Gasteiger partial charge in [0.2, 0.25) is 5.95 Å². The summed E-state index contributed by atoms with van der Waals surface area (Å²) >= 11 is 0. The highest BCUT2D eigenvalue weighted by Crippen LogP contribution is 2.05. The van der Waals surface area contributed by atoms with Gasteiger partial charge in [0.1, 0.15) is 5.52 Å². The maximum Gasteiger partial charge on any atom is 0.325 e. The Labute approximate surface area is 86.2 Å². The Bertz CT molecular complexity index is 500. The van der Waals surface area contributed by atoms with Crippen molar-refractivity contribution in [2.24, 2.45) is 0 Å². The normalized spacial score (nSPS) is 10.7. The number of aromatic nitrogens is 4. The van der Waals surface area contributed by atoms with Gasteiger partial charge in [0.05, 0.1) is 6.20 Å². The Hall–Kier alpha value is -1.85. The zero-order valence-electron chi connectivity index (χ0n) is 8.50. The molecule has 0 fully saturated rings. The van der Waals surface area contributed by atoms with Crippen LogP contribution in [0.4, 0.5) is 5.95 Å². The first-order valence-corrected chi connectivity index (χ1v) is 4.98. The second-order valence-corrected chi connectivity index (χ2v) is 3.32. The van der Waals surface area contributed by atoms with Gasteiger partial charge < -0.3 is 10.3 Å². The molecule has 0 unspecified atom stereocenters. The van der Waals surface area contributed by atoms with Gasteiger partial charge in [-0.15, -0.1) is 0 Å². The quantitative estimate of drug-likeness (QED) is 0.649. The highest BCUT2D eigenvalue weighted by atomic mass is 16.1. The molecule has 0 aliphatic heterocycles. The Kier molecular flexibility index (Phi) is 2.66. The Morgan fingerprint density at radius 1 is 1.47 bits per heavy atom. The van der Waals surface area contributed by atoms with Crippen molar-refractivity contribution in [3.8, 4) is 0 Å². The van der Waals surface area contributed by atoms with Gasteiger partial charge in [-0.05, 0) is 6.42 Å². The summed E-state index contributed by atoms with van der Waals surface area (Å²) < 4.78 is 0. The monoisotopic (exact) mass is 207 g/mol. The van der Waals surface area contributed by atoms with Gasteiger partial charge in [-0.2, -0.15) is 4.98 Å². The minimum atomic E-state index is -0.259. The summed E-state index contributed by atoms with van der Waals surface area (Å²) in [7, 11) is 0. The van der Waals surface area contributed by atoms with E-state index < -0.39 is 0 Å². The molecule has 3 N–H and O–H groups in total. The van der Waals surface area contributed by atoms with E-state index in [4.69, 9.17) is 0 Å². The fourth-order valence-corrected chi connectivity index (χ4v) is 1.29. The summed E-state index contributed by atoms with van der Waals surface area (Å²) in [4.78, 5) is 24.4. The van der Waals surface area contributed by atoms with Gasteiger partial charge in [-0.3, -0.25) is 4.98 Å². The van der Waals surface area contributed by atoms with Crippen molar-refractivity contribution in [1.82, 2.24) is 19.9 Å². The summed E-state index contributed by atoms with van der Waals surface area (Å²) in [5.41, 5.74) is 0.903. The van der Waals surface area contributed by atoms with Gasteiger partial charge in [0.15, 0.2) is 5.65 Å². The lowest BCUT2D eigenvalue weighted by atomic mass is 10.3. The number of imidazole rings is 1. The van der Waals surface area contributed by atoms with E-state index in [9.17, 15) is 4.79 Å². The average Bonchev–Trinajstić information content (AvgIpc) is 2.57. The van der Waals surface area contributed by atoms with Crippen LogP contribution in [0.3, 0.4) is 0 Å². The first kappa shape index (κ1) is 9.70. The molecule has 0 atom stereocenters. The third-order valence-electron chi connectivity index (χ3n) is 2.08. The molecule has 0 spiro atoms. The standard InChI is InChI=1S/C9H13N5O/c1-2-3-4-10-8-11-5-6-7(13-8)14-9(15)12-6/h5H,2-4H2,1H3,(H3,10,11,12,13,14,15). The highest BCUT2D eigenvalue weighted by Gasteiger charge is 2.01. The summed E-state index contributed by atoms with van der Waals surface area (Å²) in [6.45, 7) is 2.96. The maximum atomic E-state index is 11.0. The van der Waals surface area contributed by atoms with Crippen molar-refractivity contribution in [2.45, 2.75) is 19.8 Å². The van der Waals surface area contributed by atoms with Crippen molar-refractivity contribution in [2.75, 3.05) is 11.9 Å². The van der Waals surface area contributed by atoms with Crippen molar-refractivity contribution < 1.29 is 0 Å². The lowest BCUT2D eigenvalue weighted by Gasteiger charge is -2.01. The molecule has 0 aliphatic carbocycles. The molecule has 0 aromatic carbocycles. The molecule has 2 aromatic rings. The van der Waals surface area contributed by atoms with Crippen molar-refractivity contribution >= 4 is 17.1 Å². The fraction of sp³-hybridized carbons (Fsp3) is 0.444. The van der Waals surface area contributed by atoms with Crippen LogP contribution in [-0.4, -0.2) is 26.5 Å². The molecule has 6 nitrogen and oxygen atoms in total. The molecule has 2 heterocycles. The minimum absolute atomic E-state index is 0.259. The van der Waals surface area contributed by atoms with E-state index in [1.165, 1.54) is 0 Å². The molecule has 2 aromatic heterocycles. The number of nitrogens with one attached hydrogen (secondary N) is 3. The lowest BCUT2D eigenvalue weighted by molar-refractivity contribution is 0.827. The number of fused-ring (bicyclic) bond motifs is 1. The van der Waals surface area contributed by atoms with Gasteiger partial charge in [0, 0.05) is 6.54 Å². The maximum absolute atomic E-state index is 11.0. The number of hydrogen-bond acceptors (Lipinski definition) is 4. The Morgan fingerprint density at radius 2 is 2.33 bits per heavy atom. The molecule has 80 valence electrons. The summed E-state index contributed by atoms with van der Waals surface area (Å²) in [5, 5.41) is 3.09. The number of anilines is 1.